The molecule has 60 heavy (non-hydrogen) atoms. The summed E-state index contributed by atoms with van der Waals surface area (Å²) in [6.07, 6.45) is 1.82. The Balaban J connectivity index is 0.00000462. The van der Waals surface area contributed by atoms with Gasteiger partial charge in [0.25, 0.3) is 0 Å². The van der Waals surface area contributed by atoms with Crippen molar-refractivity contribution in [2.24, 2.45) is 0 Å². The van der Waals surface area contributed by atoms with E-state index in [1.54, 1.807) is 6.07 Å². The van der Waals surface area contributed by atoms with E-state index in [0.29, 0.717) is 17.0 Å². The van der Waals surface area contributed by atoms with E-state index in [1.807, 2.05) is 60.8 Å². The predicted octanol–water partition coefficient (Wildman–Crippen LogP) is 14.2. The molecule has 1 N–H and O–H groups in total. The molecule has 0 saturated carbocycles. The molecular weight excluding hydrogens is 916 g/mol. The SMILES string of the molecule is Oc1ccccc1-c1cc(N(c2cccc3ccccc23)c2cccc3ccccc23)cc(-c2[c-]c(N(c3ccccn3)c3ccccc3-c3ccccc3)ccc2)n1.[Pt]. The van der Waals surface area contributed by atoms with Crippen molar-refractivity contribution in [3.63, 3.8) is 0 Å². The van der Waals surface area contributed by atoms with Crippen LogP contribution in [0.4, 0.5) is 34.3 Å². The minimum Gasteiger partial charge on any atom is -0.507 e. The van der Waals surface area contributed by atoms with E-state index < -0.39 is 0 Å². The molecule has 0 aliphatic heterocycles. The van der Waals surface area contributed by atoms with Crippen LogP contribution in [-0.4, -0.2) is 15.1 Å². The third-order valence-corrected chi connectivity index (χ3v) is 10.7. The zero-order valence-electron chi connectivity index (χ0n) is 32.3. The second kappa shape index (κ2) is 16.9. The van der Waals surface area contributed by atoms with Gasteiger partial charge in [0, 0.05) is 54.8 Å². The summed E-state index contributed by atoms with van der Waals surface area (Å²) in [5.74, 6) is 0.917. The molecule has 0 atom stereocenters. The number of pyridine rings is 2. The first-order valence-electron chi connectivity index (χ1n) is 19.6. The van der Waals surface area contributed by atoms with Crippen molar-refractivity contribution in [1.82, 2.24) is 9.97 Å². The Labute approximate surface area is 363 Å². The molecule has 0 aliphatic carbocycles. The average Bonchev–Trinajstić information content (AvgIpc) is 3.30. The summed E-state index contributed by atoms with van der Waals surface area (Å²) in [6.45, 7) is 0. The number of hydrogen-bond acceptors (Lipinski definition) is 5. The van der Waals surface area contributed by atoms with E-state index in [1.165, 1.54) is 0 Å². The number of phenols is 1. The maximum Gasteiger partial charge on any atom is 0.136 e. The summed E-state index contributed by atoms with van der Waals surface area (Å²) in [7, 11) is 0. The Morgan fingerprint density at radius 1 is 0.450 bits per heavy atom. The molecule has 0 amide bonds. The molecule has 0 spiro atoms. The molecule has 0 fully saturated rings. The van der Waals surface area contributed by atoms with Gasteiger partial charge in [0.15, 0.2) is 0 Å². The maximum absolute atomic E-state index is 11.3. The summed E-state index contributed by atoms with van der Waals surface area (Å²) in [5, 5.41) is 15.8. The summed E-state index contributed by atoms with van der Waals surface area (Å²) in [5.41, 5.74) is 9.64. The number of aromatic nitrogens is 2. The molecule has 10 aromatic rings. The standard InChI is InChI=1S/C54H37N4O.Pt/c59-53-32-11-9-28-47(53)49-37-43(57(50-30-15-21-39-19-4-6-25-44(39)50)51-31-16-22-40-20-5-7-26-45(40)51)36-48(56-49)41-23-14-24-42(35-41)58(54-33-12-13-34-55-54)52-29-10-8-27-46(52)38-17-2-1-3-18-38;/h1-34,36-37,59H;/q-1;. The van der Waals surface area contributed by atoms with Gasteiger partial charge < -0.3 is 14.9 Å². The first-order valence-corrected chi connectivity index (χ1v) is 19.6. The largest absolute Gasteiger partial charge is 0.507 e. The smallest absolute Gasteiger partial charge is 0.136 e. The summed E-state index contributed by atoms with van der Waals surface area (Å²) >= 11 is 0. The number of benzene rings is 8. The van der Waals surface area contributed by atoms with Gasteiger partial charge in [-0.25, -0.2) is 4.98 Å². The number of fused-ring (bicyclic) bond motifs is 2. The van der Waals surface area contributed by atoms with Gasteiger partial charge in [-0.05, 0) is 76.2 Å². The van der Waals surface area contributed by atoms with Crippen LogP contribution < -0.4 is 9.80 Å². The molecule has 10 rings (SSSR count). The van der Waals surface area contributed by atoms with E-state index >= 15 is 0 Å². The fourth-order valence-electron chi connectivity index (χ4n) is 7.96. The number of phenolic OH excluding ortho intramolecular Hbond substituents is 1. The van der Waals surface area contributed by atoms with Crippen LogP contribution in [0.25, 0.3) is 55.2 Å². The summed E-state index contributed by atoms with van der Waals surface area (Å²) in [4.78, 5) is 14.6. The topological polar surface area (TPSA) is 52.5 Å². The van der Waals surface area contributed by atoms with Gasteiger partial charge in [-0.3, -0.25) is 4.98 Å². The first-order chi connectivity index (χ1) is 29.2. The maximum atomic E-state index is 11.3. The van der Waals surface area contributed by atoms with Crippen LogP contribution in [0.1, 0.15) is 0 Å². The van der Waals surface area contributed by atoms with E-state index in [2.05, 4.69) is 168 Å². The quantitative estimate of drug-likeness (QED) is 0.146. The zero-order valence-corrected chi connectivity index (χ0v) is 34.6. The van der Waals surface area contributed by atoms with E-state index in [-0.39, 0.29) is 26.8 Å². The van der Waals surface area contributed by atoms with Gasteiger partial charge in [-0.15, -0.1) is 29.8 Å². The van der Waals surface area contributed by atoms with Crippen molar-refractivity contribution in [2.45, 2.75) is 0 Å². The summed E-state index contributed by atoms with van der Waals surface area (Å²) < 4.78 is 0. The molecule has 0 unspecified atom stereocenters. The summed E-state index contributed by atoms with van der Waals surface area (Å²) in [6, 6.07) is 76.1. The predicted molar refractivity (Wildman–Crippen MR) is 243 cm³/mol. The number of rotatable bonds is 9. The minimum absolute atomic E-state index is 0. The molecular formula is C54H37N4OPt-. The molecule has 2 aromatic heterocycles. The fourth-order valence-corrected chi connectivity index (χ4v) is 7.96. The van der Waals surface area contributed by atoms with E-state index in [4.69, 9.17) is 9.97 Å². The van der Waals surface area contributed by atoms with Crippen molar-refractivity contribution >= 4 is 55.8 Å². The van der Waals surface area contributed by atoms with Crippen LogP contribution >= 0.6 is 0 Å². The van der Waals surface area contributed by atoms with Crippen LogP contribution in [0.2, 0.25) is 0 Å². The van der Waals surface area contributed by atoms with E-state index in [9.17, 15) is 5.11 Å². The fraction of sp³-hybridized carbons (Fsp3) is 0. The molecule has 290 valence electrons. The molecule has 5 nitrogen and oxygen atoms in total. The third kappa shape index (κ3) is 7.32. The van der Waals surface area contributed by atoms with E-state index in [0.717, 1.165) is 72.5 Å². The Hall–Kier alpha value is -7.33. The van der Waals surface area contributed by atoms with Crippen molar-refractivity contribution in [3.05, 3.63) is 225 Å². The first kappa shape index (κ1) is 38.2. The van der Waals surface area contributed by atoms with Gasteiger partial charge >= 0.3 is 0 Å². The number of hydrogen-bond donors (Lipinski definition) is 1. The molecule has 6 heteroatoms. The number of anilines is 6. The van der Waals surface area contributed by atoms with Gasteiger partial charge in [0.2, 0.25) is 0 Å². The van der Waals surface area contributed by atoms with Crippen LogP contribution in [0, 0.1) is 6.07 Å². The van der Waals surface area contributed by atoms with Gasteiger partial charge in [0.1, 0.15) is 11.6 Å². The van der Waals surface area contributed by atoms with Crippen LogP contribution in [0.5, 0.6) is 5.75 Å². The second-order valence-electron chi connectivity index (χ2n) is 14.3. The van der Waals surface area contributed by atoms with Gasteiger partial charge in [-0.1, -0.05) is 146 Å². The number of para-hydroxylation sites is 2. The molecule has 0 radical (unpaired) electrons. The third-order valence-electron chi connectivity index (χ3n) is 10.7. The number of nitrogens with zero attached hydrogens (tertiary/aromatic N) is 4. The minimum atomic E-state index is 0. The molecule has 0 aliphatic rings. The van der Waals surface area contributed by atoms with Crippen molar-refractivity contribution in [3.8, 4) is 39.4 Å². The zero-order chi connectivity index (χ0) is 39.5. The van der Waals surface area contributed by atoms with Gasteiger partial charge in [0.05, 0.1) is 22.8 Å². The normalized spacial score (nSPS) is 10.9. The number of aromatic hydroxyl groups is 1. The average molecular weight is 953 g/mol. The molecule has 0 saturated heterocycles. The van der Waals surface area contributed by atoms with Crippen molar-refractivity contribution in [1.29, 1.82) is 0 Å². The van der Waals surface area contributed by atoms with Crippen LogP contribution in [-0.2, 0) is 21.1 Å². The van der Waals surface area contributed by atoms with Crippen LogP contribution in [0.15, 0.2) is 219 Å². The second-order valence-corrected chi connectivity index (χ2v) is 14.3. The Morgan fingerprint density at radius 2 is 1.02 bits per heavy atom. The molecule has 0 bridgehead atoms. The van der Waals surface area contributed by atoms with Crippen molar-refractivity contribution in [2.75, 3.05) is 9.80 Å². The van der Waals surface area contributed by atoms with Gasteiger partial charge in [-0.2, -0.15) is 0 Å². The molecule has 8 aromatic carbocycles. The van der Waals surface area contributed by atoms with Crippen LogP contribution in [0.3, 0.4) is 0 Å². The molecule has 2 heterocycles. The van der Waals surface area contributed by atoms with Crippen molar-refractivity contribution < 1.29 is 26.2 Å². The monoisotopic (exact) mass is 952 g/mol. The Morgan fingerprint density at radius 3 is 1.72 bits per heavy atom. The Bertz CT molecular complexity index is 3010. The Kier molecular flexibility index (Phi) is 10.7.